The fourth-order valence-corrected chi connectivity index (χ4v) is 2.51. The molecule has 2 rings (SSSR count). The predicted molar refractivity (Wildman–Crippen MR) is 92.2 cm³/mol. The van der Waals surface area contributed by atoms with Gasteiger partial charge in [0, 0.05) is 5.69 Å². The van der Waals surface area contributed by atoms with E-state index in [2.05, 4.69) is 16.7 Å². The topological polar surface area (TPSA) is 58.2 Å². The first-order chi connectivity index (χ1) is 11.3. The average molecular weight is 328 g/mol. The van der Waals surface area contributed by atoms with Gasteiger partial charge in [0.25, 0.3) is 0 Å². The zero-order valence-electron chi connectivity index (χ0n) is 14.2. The van der Waals surface area contributed by atoms with Gasteiger partial charge in [-0.1, -0.05) is 12.1 Å². The van der Waals surface area contributed by atoms with E-state index in [0.29, 0.717) is 5.69 Å². The molecular weight excluding hydrogens is 307 g/mol. The Morgan fingerprint density at radius 3 is 2.12 bits per heavy atom. The number of hydrogen-bond acceptors (Lipinski definition) is 2. The van der Waals surface area contributed by atoms with Gasteiger partial charge in [-0.2, -0.15) is 0 Å². The molecule has 2 aromatic rings. The third-order valence-corrected chi connectivity index (χ3v) is 4.00. The van der Waals surface area contributed by atoms with Crippen LogP contribution < -0.4 is 10.6 Å². The summed E-state index contributed by atoms with van der Waals surface area (Å²) in [4.78, 5) is 24.0. The Morgan fingerprint density at radius 1 is 0.917 bits per heavy atom. The number of aryl methyl sites for hydroxylation is 3. The van der Waals surface area contributed by atoms with Gasteiger partial charge in [-0.25, -0.2) is 4.39 Å². The molecule has 0 spiro atoms. The van der Waals surface area contributed by atoms with Crippen molar-refractivity contribution in [1.82, 2.24) is 5.32 Å². The molecule has 0 aliphatic heterocycles. The maximum Gasteiger partial charge on any atom is 0.313 e. The lowest BCUT2D eigenvalue weighted by Gasteiger charge is -2.18. The maximum absolute atomic E-state index is 12.8. The zero-order chi connectivity index (χ0) is 17.9. The Labute approximate surface area is 141 Å². The average Bonchev–Trinajstić information content (AvgIpc) is 2.52. The van der Waals surface area contributed by atoms with Crippen molar-refractivity contribution in [3.05, 3.63) is 64.5 Å². The van der Waals surface area contributed by atoms with Gasteiger partial charge in [0.1, 0.15) is 5.82 Å². The van der Waals surface area contributed by atoms with Gasteiger partial charge < -0.3 is 10.6 Å². The van der Waals surface area contributed by atoms with E-state index in [9.17, 15) is 14.0 Å². The van der Waals surface area contributed by atoms with E-state index in [0.717, 1.165) is 16.7 Å². The highest BCUT2D eigenvalue weighted by Gasteiger charge is 2.18. The lowest BCUT2D eigenvalue weighted by atomic mass is 9.96. The number of carbonyl (C=O) groups excluding carboxylic acids is 2. The van der Waals surface area contributed by atoms with Gasteiger partial charge in [0.2, 0.25) is 0 Å². The van der Waals surface area contributed by atoms with Crippen LogP contribution in [0.5, 0.6) is 0 Å². The highest BCUT2D eigenvalue weighted by Crippen LogP contribution is 2.21. The van der Waals surface area contributed by atoms with Crippen LogP contribution in [0.4, 0.5) is 10.1 Å². The molecule has 126 valence electrons. The van der Waals surface area contributed by atoms with Crippen LogP contribution in [0.1, 0.15) is 35.2 Å². The van der Waals surface area contributed by atoms with E-state index < -0.39 is 17.6 Å². The number of rotatable bonds is 3. The molecule has 1 atom stereocenters. The summed E-state index contributed by atoms with van der Waals surface area (Å²) in [5.41, 5.74) is 4.72. The molecule has 5 heteroatoms. The van der Waals surface area contributed by atoms with E-state index in [1.807, 2.05) is 33.8 Å². The van der Waals surface area contributed by atoms with E-state index in [1.54, 1.807) is 0 Å². The van der Waals surface area contributed by atoms with Gasteiger partial charge >= 0.3 is 11.8 Å². The molecule has 0 aliphatic carbocycles. The van der Waals surface area contributed by atoms with Crippen molar-refractivity contribution >= 4 is 17.5 Å². The highest BCUT2D eigenvalue weighted by molar-refractivity contribution is 6.39. The molecule has 0 aromatic heterocycles. The van der Waals surface area contributed by atoms with Crippen molar-refractivity contribution in [3.8, 4) is 0 Å². The Kier molecular flexibility index (Phi) is 5.34. The molecule has 0 fully saturated rings. The Hall–Kier alpha value is -2.69. The Bertz CT molecular complexity index is 770. The first kappa shape index (κ1) is 17.7. The SMILES string of the molecule is Cc1cc(C)c([C@@H](C)NC(=O)C(=O)Nc2ccc(F)cc2)cc1C. The van der Waals surface area contributed by atoms with Crippen LogP contribution in [0.2, 0.25) is 0 Å². The number of anilines is 1. The second-order valence-corrected chi connectivity index (χ2v) is 5.95. The summed E-state index contributed by atoms with van der Waals surface area (Å²) in [6.07, 6.45) is 0. The third kappa shape index (κ3) is 4.19. The molecule has 0 heterocycles. The summed E-state index contributed by atoms with van der Waals surface area (Å²) in [5, 5.41) is 5.13. The monoisotopic (exact) mass is 328 g/mol. The summed E-state index contributed by atoms with van der Waals surface area (Å²) >= 11 is 0. The van der Waals surface area contributed by atoms with Crippen molar-refractivity contribution in [2.75, 3.05) is 5.32 Å². The molecule has 4 nitrogen and oxygen atoms in total. The minimum atomic E-state index is -0.782. The summed E-state index contributed by atoms with van der Waals surface area (Å²) in [6.45, 7) is 7.85. The maximum atomic E-state index is 12.8. The molecule has 0 saturated carbocycles. The van der Waals surface area contributed by atoms with E-state index in [1.165, 1.54) is 29.8 Å². The molecule has 0 bridgehead atoms. The molecule has 2 aromatic carbocycles. The minimum Gasteiger partial charge on any atom is -0.341 e. The van der Waals surface area contributed by atoms with Crippen LogP contribution >= 0.6 is 0 Å². The first-order valence-corrected chi connectivity index (χ1v) is 7.73. The molecule has 24 heavy (non-hydrogen) atoms. The molecule has 0 unspecified atom stereocenters. The van der Waals surface area contributed by atoms with Crippen LogP contribution in [0.15, 0.2) is 36.4 Å². The molecular formula is C19H21FN2O2. The van der Waals surface area contributed by atoms with Gasteiger partial charge in [0.05, 0.1) is 6.04 Å². The third-order valence-electron chi connectivity index (χ3n) is 4.00. The lowest BCUT2D eigenvalue weighted by molar-refractivity contribution is -0.136. The summed E-state index contributed by atoms with van der Waals surface area (Å²) in [5.74, 6) is -1.92. The number of benzene rings is 2. The van der Waals surface area contributed by atoms with Crippen LogP contribution in [-0.4, -0.2) is 11.8 Å². The fraction of sp³-hybridized carbons (Fsp3) is 0.263. The van der Waals surface area contributed by atoms with Crippen LogP contribution in [0.3, 0.4) is 0 Å². The van der Waals surface area contributed by atoms with Crippen molar-refractivity contribution in [3.63, 3.8) is 0 Å². The summed E-state index contributed by atoms with van der Waals surface area (Å²) in [7, 11) is 0. The number of nitrogens with one attached hydrogen (secondary N) is 2. The highest BCUT2D eigenvalue weighted by atomic mass is 19.1. The zero-order valence-corrected chi connectivity index (χ0v) is 14.2. The summed E-state index contributed by atoms with van der Waals surface area (Å²) in [6, 6.07) is 9.02. The van der Waals surface area contributed by atoms with Gasteiger partial charge in [-0.15, -0.1) is 0 Å². The Morgan fingerprint density at radius 2 is 1.50 bits per heavy atom. The van der Waals surface area contributed by atoms with E-state index in [4.69, 9.17) is 0 Å². The largest absolute Gasteiger partial charge is 0.341 e. The van der Waals surface area contributed by atoms with Crippen molar-refractivity contribution in [2.24, 2.45) is 0 Å². The van der Waals surface area contributed by atoms with Gasteiger partial charge in [0.15, 0.2) is 0 Å². The lowest BCUT2D eigenvalue weighted by Crippen LogP contribution is -2.37. The van der Waals surface area contributed by atoms with Crippen molar-refractivity contribution in [2.45, 2.75) is 33.7 Å². The minimum absolute atomic E-state index is 0.296. The normalized spacial score (nSPS) is 11.7. The fourth-order valence-electron chi connectivity index (χ4n) is 2.51. The number of hydrogen-bond donors (Lipinski definition) is 2. The van der Waals surface area contributed by atoms with Gasteiger partial charge in [-0.3, -0.25) is 9.59 Å². The van der Waals surface area contributed by atoms with Crippen molar-refractivity contribution in [1.29, 1.82) is 0 Å². The first-order valence-electron chi connectivity index (χ1n) is 7.73. The Balaban J connectivity index is 2.04. The van der Waals surface area contributed by atoms with Crippen LogP contribution in [0, 0.1) is 26.6 Å². The molecule has 0 radical (unpaired) electrons. The molecule has 2 N–H and O–H groups in total. The second-order valence-electron chi connectivity index (χ2n) is 5.95. The predicted octanol–water partition coefficient (Wildman–Crippen LogP) is 3.57. The van der Waals surface area contributed by atoms with E-state index in [-0.39, 0.29) is 6.04 Å². The van der Waals surface area contributed by atoms with Gasteiger partial charge in [-0.05, 0) is 74.2 Å². The summed E-state index contributed by atoms with van der Waals surface area (Å²) < 4.78 is 12.8. The molecule has 2 amide bonds. The second kappa shape index (κ2) is 7.25. The number of amides is 2. The molecule has 0 aliphatic rings. The quantitative estimate of drug-likeness (QED) is 0.846. The number of halogens is 1. The smallest absolute Gasteiger partial charge is 0.313 e. The van der Waals surface area contributed by atoms with Crippen LogP contribution in [-0.2, 0) is 9.59 Å². The molecule has 0 saturated heterocycles. The van der Waals surface area contributed by atoms with E-state index >= 15 is 0 Å². The van der Waals surface area contributed by atoms with Crippen molar-refractivity contribution < 1.29 is 14.0 Å². The number of carbonyl (C=O) groups is 2. The van der Waals surface area contributed by atoms with Crippen LogP contribution in [0.25, 0.3) is 0 Å². The standard InChI is InChI=1S/C19H21FN2O2/c1-11-9-13(3)17(10-12(11)2)14(4)21-18(23)19(24)22-16-7-5-15(20)6-8-16/h5-10,14H,1-4H3,(H,21,23)(H,22,24)/t14-/m1/s1.